The predicted molar refractivity (Wildman–Crippen MR) is 124 cm³/mol. The minimum absolute atomic E-state index is 0.194. The van der Waals surface area contributed by atoms with Crippen LogP contribution >= 0.6 is 11.6 Å². The number of furan rings is 1. The Morgan fingerprint density at radius 1 is 1.18 bits per heavy atom. The van der Waals surface area contributed by atoms with Gasteiger partial charge in [-0.15, -0.1) is 0 Å². The van der Waals surface area contributed by atoms with Crippen LogP contribution in [0.15, 0.2) is 45.8 Å². The van der Waals surface area contributed by atoms with Crippen LogP contribution in [0.3, 0.4) is 0 Å². The summed E-state index contributed by atoms with van der Waals surface area (Å²) in [6.07, 6.45) is 1.43. The molecule has 2 N–H and O–H groups in total. The van der Waals surface area contributed by atoms with Gasteiger partial charge in [-0.05, 0) is 18.2 Å². The lowest BCUT2D eigenvalue weighted by molar-refractivity contribution is 0.0958. The van der Waals surface area contributed by atoms with Crippen molar-refractivity contribution in [2.75, 3.05) is 38.1 Å². The summed E-state index contributed by atoms with van der Waals surface area (Å²) in [5, 5.41) is 4.02. The second kappa shape index (κ2) is 8.49. The zero-order valence-corrected chi connectivity index (χ0v) is 18.6. The molecule has 1 amide bonds. The van der Waals surface area contributed by atoms with Crippen molar-refractivity contribution < 1.29 is 13.6 Å². The number of carbonyl (C=O) groups excluding carboxylic acids is 1. The van der Waals surface area contributed by atoms with Crippen LogP contribution in [0.1, 0.15) is 16.1 Å². The number of hydrogen-bond acceptors (Lipinski definition) is 6. The first-order chi connectivity index (χ1) is 16.0. The van der Waals surface area contributed by atoms with E-state index in [1.807, 2.05) is 6.07 Å². The van der Waals surface area contributed by atoms with E-state index in [1.54, 1.807) is 31.3 Å². The van der Waals surface area contributed by atoms with Gasteiger partial charge >= 0.3 is 0 Å². The Hall–Kier alpha value is -3.43. The Morgan fingerprint density at radius 2 is 1.97 bits per heavy atom. The molecule has 0 aliphatic carbocycles. The van der Waals surface area contributed by atoms with E-state index in [0.717, 1.165) is 5.69 Å². The Morgan fingerprint density at radius 3 is 2.70 bits per heavy atom. The van der Waals surface area contributed by atoms with E-state index in [4.69, 9.17) is 16.0 Å². The molecule has 5 rings (SSSR count). The van der Waals surface area contributed by atoms with Crippen LogP contribution in [0.5, 0.6) is 0 Å². The van der Waals surface area contributed by atoms with Gasteiger partial charge in [-0.1, -0.05) is 23.7 Å². The quantitative estimate of drug-likeness (QED) is 0.446. The second-order valence-electron chi connectivity index (χ2n) is 7.93. The molecule has 0 bridgehead atoms. The zero-order valence-electron chi connectivity index (χ0n) is 17.8. The van der Waals surface area contributed by atoms with Crippen LogP contribution in [-0.4, -0.2) is 54.0 Å². The van der Waals surface area contributed by atoms with E-state index in [2.05, 4.69) is 25.1 Å². The normalized spacial score (nSPS) is 14.8. The number of piperazine rings is 1. The Kier molecular flexibility index (Phi) is 5.51. The number of rotatable bonds is 4. The first-order valence-electron chi connectivity index (χ1n) is 10.5. The van der Waals surface area contributed by atoms with Gasteiger partial charge < -0.3 is 19.6 Å². The smallest absolute Gasteiger partial charge is 0.292 e. The molecular weight excluding hydrogens is 449 g/mol. The number of aromatic nitrogens is 2. The number of hydrogen-bond donors (Lipinski definition) is 2. The highest BCUT2D eigenvalue weighted by Crippen LogP contribution is 2.28. The minimum atomic E-state index is -0.444. The van der Waals surface area contributed by atoms with Crippen molar-refractivity contribution in [3.63, 3.8) is 0 Å². The third kappa shape index (κ3) is 3.83. The fourth-order valence-electron chi connectivity index (χ4n) is 4.26. The summed E-state index contributed by atoms with van der Waals surface area (Å²) in [5.41, 5.74) is 1.50. The largest absolute Gasteiger partial charge is 0.459 e. The van der Waals surface area contributed by atoms with E-state index < -0.39 is 11.4 Å². The molecule has 3 aromatic heterocycles. The van der Waals surface area contributed by atoms with Crippen LogP contribution < -0.4 is 15.8 Å². The number of pyridine rings is 2. The molecule has 4 heterocycles. The molecule has 4 aromatic rings. The van der Waals surface area contributed by atoms with Crippen LogP contribution in [0.2, 0.25) is 5.15 Å². The molecule has 0 saturated carbocycles. The number of H-pyrrole nitrogens is 1. The maximum Gasteiger partial charge on any atom is 0.292 e. The van der Waals surface area contributed by atoms with Crippen molar-refractivity contribution >= 4 is 45.1 Å². The lowest BCUT2D eigenvalue weighted by atomic mass is 10.1. The molecule has 0 radical (unpaired) electrons. The van der Waals surface area contributed by atoms with Gasteiger partial charge in [-0.2, -0.15) is 0 Å². The van der Waals surface area contributed by atoms with E-state index in [0.29, 0.717) is 49.1 Å². The summed E-state index contributed by atoms with van der Waals surface area (Å²) in [5.74, 6) is -0.715. The van der Waals surface area contributed by atoms with Crippen molar-refractivity contribution in [3.8, 4) is 0 Å². The molecule has 1 saturated heterocycles. The van der Waals surface area contributed by atoms with Crippen molar-refractivity contribution in [1.82, 2.24) is 20.2 Å². The Balaban J connectivity index is 1.31. The zero-order chi connectivity index (χ0) is 23.1. The minimum Gasteiger partial charge on any atom is -0.459 e. The maximum absolute atomic E-state index is 15.3. The Labute approximate surface area is 192 Å². The highest BCUT2D eigenvalue weighted by Gasteiger charge is 2.22. The molecule has 1 aromatic carbocycles. The number of aromatic amines is 1. The average molecular weight is 470 g/mol. The average Bonchev–Trinajstić information content (AvgIpc) is 3.32. The number of nitrogens with zero attached hydrogens (tertiary/aromatic N) is 3. The lowest BCUT2D eigenvalue weighted by Gasteiger charge is -2.36. The van der Waals surface area contributed by atoms with E-state index in [1.165, 1.54) is 6.26 Å². The third-order valence-electron chi connectivity index (χ3n) is 6.02. The van der Waals surface area contributed by atoms with Crippen LogP contribution in [0.25, 0.3) is 21.9 Å². The molecule has 1 fully saturated rings. The van der Waals surface area contributed by atoms with E-state index >= 15 is 4.39 Å². The molecule has 170 valence electrons. The predicted octanol–water partition coefficient (Wildman–Crippen LogP) is 3.14. The maximum atomic E-state index is 15.3. The standard InChI is InChI=1S/C23H21ClFN5O3/c1-26-22(31)16-4-5-17(21(24)27-16)30-9-7-29(8-10-30)12-13-2-3-14-15-6-11-33-20(15)23(32)28-19(14)18(13)25/h2-6,11H,7-10,12H2,1H3,(H,26,31)(H,28,32). The van der Waals surface area contributed by atoms with Crippen LogP contribution in [0.4, 0.5) is 10.1 Å². The van der Waals surface area contributed by atoms with Gasteiger partial charge in [0.05, 0.1) is 17.5 Å². The summed E-state index contributed by atoms with van der Waals surface area (Å²) < 4.78 is 20.5. The monoisotopic (exact) mass is 469 g/mol. The summed E-state index contributed by atoms with van der Waals surface area (Å²) in [7, 11) is 1.54. The third-order valence-corrected chi connectivity index (χ3v) is 6.30. The first kappa shape index (κ1) is 21.4. The van der Waals surface area contributed by atoms with Gasteiger partial charge in [0.25, 0.3) is 11.5 Å². The fourth-order valence-corrected chi connectivity index (χ4v) is 4.53. The molecule has 8 nitrogen and oxygen atoms in total. The molecule has 0 unspecified atom stereocenters. The lowest BCUT2D eigenvalue weighted by Crippen LogP contribution is -2.46. The highest BCUT2D eigenvalue weighted by atomic mass is 35.5. The number of anilines is 1. The summed E-state index contributed by atoms with van der Waals surface area (Å²) in [4.78, 5) is 35.0. The molecule has 0 atom stereocenters. The molecule has 0 spiro atoms. The molecular formula is C23H21ClFN5O3. The van der Waals surface area contributed by atoms with Gasteiger partial charge in [0.1, 0.15) is 5.69 Å². The van der Waals surface area contributed by atoms with Gasteiger partial charge in [-0.25, -0.2) is 9.37 Å². The van der Waals surface area contributed by atoms with Gasteiger partial charge in [0, 0.05) is 56.1 Å². The van der Waals surface area contributed by atoms with Gasteiger partial charge in [-0.3, -0.25) is 14.5 Å². The summed E-state index contributed by atoms with van der Waals surface area (Å²) in [6, 6.07) is 8.69. The van der Waals surface area contributed by atoms with Gasteiger partial charge in [0.15, 0.2) is 16.6 Å². The first-order valence-corrected chi connectivity index (χ1v) is 10.9. The van der Waals surface area contributed by atoms with E-state index in [9.17, 15) is 9.59 Å². The number of halogens is 2. The summed E-state index contributed by atoms with van der Waals surface area (Å²) >= 11 is 6.32. The molecule has 1 aliphatic rings. The number of carbonyl (C=O) groups is 1. The topological polar surface area (TPSA) is 94.5 Å². The molecule has 10 heteroatoms. The number of nitrogens with one attached hydrogen (secondary N) is 2. The van der Waals surface area contributed by atoms with Crippen molar-refractivity contribution in [1.29, 1.82) is 0 Å². The summed E-state index contributed by atoms with van der Waals surface area (Å²) in [6.45, 7) is 3.18. The van der Waals surface area contributed by atoms with Crippen LogP contribution in [-0.2, 0) is 6.54 Å². The number of amides is 1. The van der Waals surface area contributed by atoms with Gasteiger partial charge in [0.2, 0.25) is 0 Å². The highest BCUT2D eigenvalue weighted by molar-refractivity contribution is 6.32. The van der Waals surface area contributed by atoms with Crippen molar-refractivity contribution in [2.24, 2.45) is 0 Å². The number of fused-ring (bicyclic) bond motifs is 3. The molecule has 33 heavy (non-hydrogen) atoms. The fraction of sp³-hybridized carbons (Fsp3) is 0.261. The van der Waals surface area contributed by atoms with Crippen molar-refractivity contribution in [2.45, 2.75) is 6.54 Å². The molecule has 1 aliphatic heterocycles. The Bertz CT molecular complexity index is 1430. The SMILES string of the molecule is CNC(=O)c1ccc(N2CCN(Cc3ccc4c([nH]c(=O)c5occc54)c3F)CC2)c(Cl)n1. The van der Waals surface area contributed by atoms with Crippen molar-refractivity contribution in [3.05, 3.63) is 69.2 Å². The van der Waals surface area contributed by atoms with Crippen LogP contribution in [0, 0.1) is 5.82 Å². The second-order valence-corrected chi connectivity index (χ2v) is 8.29. The number of benzene rings is 1. The van der Waals surface area contributed by atoms with E-state index in [-0.39, 0.29) is 27.9 Å².